The van der Waals surface area contributed by atoms with Gasteiger partial charge in [0.25, 0.3) is 5.91 Å². The zero-order chi connectivity index (χ0) is 14.7. The number of nitrogens with one attached hydrogen (secondary N) is 1. The van der Waals surface area contributed by atoms with Gasteiger partial charge < -0.3 is 9.88 Å². The molecule has 2 aliphatic rings. The van der Waals surface area contributed by atoms with Crippen molar-refractivity contribution in [2.75, 3.05) is 6.54 Å². The van der Waals surface area contributed by atoms with E-state index >= 15 is 0 Å². The van der Waals surface area contributed by atoms with Crippen LogP contribution >= 0.6 is 15.9 Å². The lowest BCUT2D eigenvalue weighted by molar-refractivity contribution is 0.0940. The number of halogens is 1. The highest BCUT2D eigenvalue weighted by atomic mass is 79.9. The molecule has 0 spiro atoms. The van der Waals surface area contributed by atoms with Crippen molar-refractivity contribution in [3.05, 3.63) is 22.4 Å². The number of hydrogen-bond acceptors (Lipinski definition) is 1. The predicted octanol–water partition coefficient (Wildman–Crippen LogP) is 4.00. The highest BCUT2D eigenvalue weighted by Crippen LogP contribution is 2.67. The summed E-state index contributed by atoms with van der Waals surface area (Å²) in [6.07, 6.45) is 4.39. The molecular weight excluding hydrogens is 316 g/mol. The largest absolute Gasteiger partial charge is 0.350 e. The molecule has 20 heavy (non-hydrogen) atoms. The van der Waals surface area contributed by atoms with E-state index in [1.165, 1.54) is 12.8 Å². The average Bonchev–Trinajstić information content (AvgIpc) is 3.19. The summed E-state index contributed by atoms with van der Waals surface area (Å²) < 4.78 is 3.10. The van der Waals surface area contributed by atoms with E-state index in [1.807, 2.05) is 12.3 Å². The maximum Gasteiger partial charge on any atom is 0.267 e. The van der Waals surface area contributed by atoms with Gasteiger partial charge in [-0.15, -0.1) is 0 Å². The Bertz CT molecular complexity index is 541. The van der Waals surface area contributed by atoms with Crippen LogP contribution in [-0.4, -0.2) is 17.0 Å². The molecule has 0 bridgehead atoms. The summed E-state index contributed by atoms with van der Waals surface area (Å²) in [5.74, 6) is 0.618. The molecule has 1 heterocycles. The van der Waals surface area contributed by atoms with Crippen LogP contribution in [0.4, 0.5) is 0 Å². The van der Waals surface area contributed by atoms with E-state index in [-0.39, 0.29) is 5.91 Å². The van der Waals surface area contributed by atoms with Gasteiger partial charge in [0.2, 0.25) is 0 Å². The van der Waals surface area contributed by atoms with Gasteiger partial charge in [0.1, 0.15) is 5.69 Å². The van der Waals surface area contributed by atoms with Gasteiger partial charge in [-0.1, -0.05) is 27.7 Å². The van der Waals surface area contributed by atoms with Gasteiger partial charge in [-0.05, 0) is 51.6 Å². The molecule has 0 radical (unpaired) electrons. The van der Waals surface area contributed by atoms with E-state index < -0.39 is 0 Å². The van der Waals surface area contributed by atoms with Crippen LogP contribution in [0.2, 0.25) is 0 Å². The van der Waals surface area contributed by atoms with Crippen LogP contribution in [0.5, 0.6) is 0 Å². The molecule has 1 aromatic rings. The lowest BCUT2D eigenvalue weighted by atomic mass is 10.0. The van der Waals surface area contributed by atoms with Crippen molar-refractivity contribution in [2.24, 2.45) is 16.7 Å². The molecule has 0 atom stereocenters. The minimum atomic E-state index is 0.0566. The second-order valence-corrected chi connectivity index (χ2v) is 8.30. The van der Waals surface area contributed by atoms with Crippen molar-refractivity contribution in [3.8, 4) is 0 Å². The van der Waals surface area contributed by atoms with Crippen LogP contribution in [0.1, 0.15) is 57.1 Å². The summed E-state index contributed by atoms with van der Waals surface area (Å²) in [6, 6.07) is 2.45. The number of aromatic nitrogens is 1. The lowest BCUT2D eigenvalue weighted by Gasteiger charge is -2.09. The lowest BCUT2D eigenvalue weighted by Crippen LogP contribution is -2.28. The van der Waals surface area contributed by atoms with E-state index in [2.05, 4.69) is 53.5 Å². The van der Waals surface area contributed by atoms with E-state index in [9.17, 15) is 4.79 Å². The second kappa shape index (κ2) is 4.36. The minimum Gasteiger partial charge on any atom is -0.350 e. The topological polar surface area (TPSA) is 34.0 Å². The van der Waals surface area contributed by atoms with Gasteiger partial charge in [0.05, 0.1) is 0 Å². The summed E-state index contributed by atoms with van der Waals surface area (Å²) in [5.41, 5.74) is 1.43. The summed E-state index contributed by atoms with van der Waals surface area (Å²) in [6.45, 7) is 9.91. The third-order valence-corrected chi connectivity index (χ3v) is 6.21. The smallest absolute Gasteiger partial charge is 0.267 e. The molecule has 4 heteroatoms. The molecule has 1 N–H and O–H groups in total. The third kappa shape index (κ3) is 2.12. The molecule has 2 saturated carbocycles. The Balaban J connectivity index is 1.66. The van der Waals surface area contributed by atoms with Gasteiger partial charge >= 0.3 is 0 Å². The van der Waals surface area contributed by atoms with Gasteiger partial charge in [0, 0.05) is 23.3 Å². The minimum absolute atomic E-state index is 0.0566. The maximum absolute atomic E-state index is 12.4. The van der Waals surface area contributed by atoms with E-state index in [0.29, 0.717) is 22.8 Å². The van der Waals surface area contributed by atoms with Gasteiger partial charge in [0.15, 0.2) is 0 Å². The first-order chi connectivity index (χ1) is 9.25. The first-order valence-corrected chi connectivity index (χ1v) is 8.20. The molecule has 1 amide bonds. The Labute approximate surface area is 129 Å². The standard InChI is InChI=1S/C16H23BrN2O/c1-15(2)13(16(15,3)4)8-18-14(20)12-7-10(17)9-19(12)11-5-6-11/h7,9,11,13H,5-6,8H2,1-4H3,(H,18,20). The van der Waals surface area contributed by atoms with Crippen LogP contribution in [0.15, 0.2) is 16.7 Å². The van der Waals surface area contributed by atoms with Crippen LogP contribution in [-0.2, 0) is 0 Å². The Morgan fingerprint density at radius 3 is 2.45 bits per heavy atom. The summed E-state index contributed by atoms with van der Waals surface area (Å²) in [7, 11) is 0. The summed E-state index contributed by atoms with van der Waals surface area (Å²) >= 11 is 3.48. The first kappa shape index (κ1) is 14.2. The Hall–Kier alpha value is -0.770. The molecule has 3 rings (SSSR count). The number of nitrogens with zero attached hydrogens (tertiary/aromatic N) is 1. The van der Waals surface area contributed by atoms with E-state index in [4.69, 9.17) is 0 Å². The molecular formula is C16H23BrN2O. The van der Waals surface area contributed by atoms with Crippen molar-refractivity contribution in [1.82, 2.24) is 9.88 Å². The van der Waals surface area contributed by atoms with Crippen molar-refractivity contribution < 1.29 is 4.79 Å². The predicted molar refractivity (Wildman–Crippen MR) is 83.8 cm³/mol. The normalized spacial score (nSPS) is 23.6. The summed E-state index contributed by atoms with van der Waals surface area (Å²) in [5, 5.41) is 3.13. The van der Waals surface area contributed by atoms with Crippen LogP contribution < -0.4 is 5.32 Å². The molecule has 2 fully saturated rings. The fourth-order valence-electron chi connectivity index (χ4n) is 3.41. The molecule has 0 unspecified atom stereocenters. The number of amides is 1. The number of carbonyl (C=O) groups is 1. The molecule has 2 aliphatic carbocycles. The molecule has 110 valence electrons. The zero-order valence-electron chi connectivity index (χ0n) is 12.7. The van der Waals surface area contributed by atoms with Gasteiger partial charge in [-0.3, -0.25) is 4.79 Å². The van der Waals surface area contributed by atoms with E-state index in [1.54, 1.807) is 0 Å². The van der Waals surface area contributed by atoms with Crippen molar-refractivity contribution in [1.29, 1.82) is 0 Å². The van der Waals surface area contributed by atoms with Crippen LogP contribution in [0, 0.1) is 16.7 Å². The maximum atomic E-state index is 12.4. The third-order valence-electron chi connectivity index (χ3n) is 5.77. The number of carbonyl (C=O) groups excluding carboxylic acids is 1. The van der Waals surface area contributed by atoms with Crippen LogP contribution in [0.3, 0.4) is 0 Å². The van der Waals surface area contributed by atoms with Crippen LogP contribution in [0.25, 0.3) is 0 Å². The highest BCUT2D eigenvalue weighted by molar-refractivity contribution is 9.10. The Kier molecular flexibility index (Phi) is 3.09. The van der Waals surface area contributed by atoms with E-state index in [0.717, 1.165) is 16.7 Å². The van der Waals surface area contributed by atoms with Gasteiger partial charge in [-0.25, -0.2) is 0 Å². The SMILES string of the molecule is CC1(C)C(CNC(=O)c2cc(Br)cn2C2CC2)C1(C)C. The molecule has 1 aromatic heterocycles. The Morgan fingerprint density at radius 1 is 1.35 bits per heavy atom. The summed E-state index contributed by atoms with van der Waals surface area (Å²) in [4.78, 5) is 12.4. The highest BCUT2D eigenvalue weighted by Gasteiger charge is 2.64. The molecule has 0 aliphatic heterocycles. The quantitative estimate of drug-likeness (QED) is 0.884. The van der Waals surface area contributed by atoms with Crippen molar-refractivity contribution in [2.45, 2.75) is 46.6 Å². The molecule has 0 aromatic carbocycles. The number of rotatable bonds is 4. The number of hydrogen-bond donors (Lipinski definition) is 1. The van der Waals surface area contributed by atoms with Gasteiger partial charge in [-0.2, -0.15) is 0 Å². The molecule has 0 saturated heterocycles. The second-order valence-electron chi connectivity index (χ2n) is 7.39. The average molecular weight is 339 g/mol. The molecule has 3 nitrogen and oxygen atoms in total. The monoisotopic (exact) mass is 338 g/mol. The fraction of sp³-hybridized carbons (Fsp3) is 0.688. The van der Waals surface area contributed by atoms with Crippen molar-refractivity contribution >= 4 is 21.8 Å². The van der Waals surface area contributed by atoms with Crippen molar-refractivity contribution in [3.63, 3.8) is 0 Å². The zero-order valence-corrected chi connectivity index (χ0v) is 14.3. The first-order valence-electron chi connectivity index (χ1n) is 7.40. The fourth-order valence-corrected chi connectivity index (χ4v) is 3.85. The Morgan fingerprint density at radius 2 is 1.95 bits per heavy atom.